The van der Waals surface area contributed by atoms with Gasteiger partial charge in [0.2, 0.25) is 5.91 Å². The molecule has 0 spiro atoms. The molecule has 1 amide bonds. The molecule has 5 heteroatoms. The van der Waals surface area contributed by atoms with Crippen LogP contribution in [-0.4, -0.2) is 12.5 Å². The van der Waals surface area contributed by atoms with E-state index in [0.717, 1.165) is 36.9 Å². The number of carbonyl (C=O) groups is 1. The number of amides is 1. The normalized spacial score (nSPS) is 22.8. The van der Waals surface area contributed by atoms with Crippen molar-refractivity contribution in [1.29, 1.82) is 0 Å². The fraction of sp³-hybridized carbons (Fsp3) is 0.562. The van der Waals surface area contributed by atoms with E-state index < -0.39 is 6.61 Å². The summed E-state index contributed by atoms with van der Waals surface area (Å²) in [6, 6.07) is 4.72. The van der Waals surface area contributed by atoms with E-state index in [4.69, 9.17) is 0 Å². The summed E-state index contributed by atoms with van der Waals surface area (Å²) in [6.07, 6.45) is 6.75. The van der Waals surface area contributed by atoms with Crippen LogP contribution in [0.4, 0.5) is 14.5 Å². The average molecular weight is 295 g/mol. The first-order chi connectivity index (χ1) is 10.1. The zero-order chi connectivity index (χ0) is 14.8. The Bertz CT molecular complexity index is 525. The van der Waals surface area contributed by atoms with Crippen molar-refractivity contribution in [3.63, 3.8) is 0 Å². The molecule has 1 heterocycles. The number of hydrogen-bond donors (Lipinski definition) is 1. The van der Waals surface area contributed by atoms with E-state index in [2.05, 4.69) is 10.1 Å². The molecule has 1 unspecified atom stereocenters. The molecule has 3 rings (SSSR count). The molecule has 1 saturated carbocycles. The highest BCUT2D eigenvalue weighted by atomic mass is 19.3. The molecule has 1 aromatic carbocycles. The Morgan fingerprint density at radius 2 is 1.86 bits per heavy atom. The number of rotatable bonds is 3. The van der Waals surface area contributed by atoms with Crippen LogP contribution in [0.3, 0.4) is 0 Å². The summed E-state index contributed by atoms with van der Waals surface area (Å²) in [5, 5.41) is 2.86. The van der Waals surface area contributed by atoms with Crippen molar-refractivity contribution in [3.8, 4) is 5.75 Å². The van der Waals surface area contributed by atoms with Crippen LogP contribution in [0, 0.1) is 5.92 Å². The van der Waals surface area contributed by atoms with Gasteiger partial charge in [0.15, 0.2) is 0 Å². The Morgan fingerprint density at radius 1 is 1.14 bits per heavy atom. The van der Waals surface area contributed by atoms with Crippen molar-refractivity contribution < 1.29 is 18.3 Å². The van der Waals surface area contributed by atoms with Gasteiger partial charge in [-0.15, -0.1) is 0 Å². The minimum atomic E-state index is -2.84. The Morgan fingerprint density at radius 3 is 2.52 bits per heavy atom. The molecule has 1 fully saturated rings. The van der Waals surface area contributed by atoms with Crippen LogP contribution >= 0.6 is 0 Å². The molecule has 1 aliphatic carbocycles. The first-order valence-electron chi connectivity index (χ1n) is 7.55. The van der Waals surface area contributed by atoms with Gasteiger partial charge in [-0.3, -0.25) is 4.79 Å². The fourth-order valence-electron chi connectivity index (χ4n) is 3.55. The molecule has 1 N–H and O–H groups in total. The van der Waals surface area contributed by atoms with Gasteiger partial charge < -0.3 is 10.1 Å². The van der Waals surface area contributed by atoms with Gasteiger partial charge in [-0.2, -0.15) is 8.78 Å². The minimum absolute atomic E-state index is 0.00824. The summed E-state index contributed by atoms with van der Waals surface area (Å²) >= 11 is 0. The van der Waals surface area contributed by atoms with Crippen LogP contribution in [0.5, 0.6) is 5.75 Å². The summed E-state index contributed by atoms with van der Waals surface area (Å²) in [6.45, 7) is -2.84. The summed E-state index contributed by atoms with van der Waals surface area (Å²) < 4.78 is 29.2. The third kappa shape index (κ3) is 3.01. The van der Waals surface area contributed by atoms with Crippen molar-refractivity contribution in [2.45, 2.75) is 51.1 Å². The summed E-state index contributed by atoms with van der Waals surface area (Å²) in [7, 11) is 0. The van der Waals surface area contributed by atoms with E-state index >= 15 is 0 Å². The van der Waals surface area contributed by atoms with Gasteiger partial charge in [-0.05, 0) is 42.5 Å². The summed E-state index contributed by atoms with van der Waals surface area (Å²) in [5.74, 6) is 0.194. The molecule has 1 atom stereocenters. The van der Waals surface area contributed by atoms with E-state index in [1.54, 1.807) is 12.1 Å². The van der Waals surface area contributed by atoms with Crippen molar-refractivity contribution in [1.82, 2.24) is 0 Å². The number of hydrogen-bond acceptors (Lipinski definition) is 2. The zero-order valence-electron chi connectivity index (χ0n) is 11.8. The largest absolute Gasteiger partial charge is 0.435 e. The second-order valence-electron chi connectivity index (χ2n) is 5.85. The highest BCUT2D eigenvalue weighted by molar-refractivity contribution is 6.03. The molecule has 0 radical (unpaired) electrons. The van der Waals surface area contributed by atoms with E-state index in [1.165, 1.54) is 18.9 Å². The molecule has 1 aromatic rings. The number of alkyl halides is 2. The molecule has 114 valence electrons. The number of carbonyl (C=O) groups excluding carboxylic acids is 1. The molecule has 0 bridgehead atoms. The van der Waals surface area contributed by atoms with Crippen molar-refractivity contribution >= 4 is 11.6 Å². The van der Waals surface area contributed by atoms with Crippen LogP contribution in [0.25, 0.3) is 0 Å². The number of anilines is 1. The summed E-state index contributed by atoms with van der Waals surface area (Å²) in [4.78, 5) is 12.3. The highest BCUT2D eigenvalue weighted by Gasteiger charge is 2.37. The molecular weight excluding hydrogens is 276 g/mol. The number of fused-ring (bicyclic) bond motifs is 1. The number of halogens is 2. The highest BCUT2D eigenvalue weighted by Crippen LogP contribution is 2.43. The topological polar surface area (TPSA) is 38.3 Å². The number of nitrogens with one attached hydrogen (secondary N) is 1. The van der Waals surface area contributed by atoms with Gasteiger partial charge >= 0.3 is 6.61 Å². The maximum absolute atomic E-state index is 12.3. The van der Waals surface area contributed by atoms with E-state index in [0.29, 0.717) is 5.92 Å². The molecule has 21 heavy (non-hydrogen) atoms. The third-order valence-corrected chi connectivity index (χ3v) is 4.49. The molecule has 2 aliphatic rings. The van der Waals surface area contributed by atoms with Gasteiger partial charge in [0.25, 0.3) is 0 Å². The quantitative estimate of drug-likeness (QED) is 0.845. The fourth-order valence-corrected chi connectivity index (χ4v) is 3.55. The lowest BCUT2D eigenvalue weighted by Gasteiger charge is -2.20. The first kappa shape index (κ1) is 14.3. The SMILES string of the molecule is O=C1Nc2ccc(OC(F)F)cc2C1C1CCCCCC1. The van der Waals surface area contributed by atoms with Gasteiger partial charge in [0.1, 0.15) is 5.75 Å². The summed E-state index contributed by atoms with van der Waals surface area (Å²) in [5.41, 5.74) is 1.54. The third-order valence-electron chi connectivity index (χ3n) is 4.49. The molecule has 1 aliphatic heterocycles. The smallest absolute Gasteiger partial charge is 0.387 e. The van der Waals surface area contributed by atoms with E-state index in [9.17, 15) is 13.6 Å². The lowest BCUT2D eigenvalue weighted by Crippen LogP contribution is -2.20. The monoisotopic (exact) mass is 295 g/mol. The minimum Gasteiger partial charge on any atom is -0.435 e. The Hall–Kier alpha value is -1.65. The van der Waals surface area contributed by atoms with Crippen molar-refractivity contribution in [3.05, 3.63) is 23.8 Å². The van der Waals surface area contributed by atoms with Crippen LogP contribution in [0.15, 0.2) is 18.2 Å². The predicted octanol–water partition coefficient (Wildman–Crippen LogP) is 4.29. The first-order valence-corrected chi connectivity index (χ1v) is 7.55. The maximum atomic E-state index is 12.3. The lowest BCUT2D eigenvalue weighted by molar-refractivity contribution is -0.118. The van der Waals surface area contributed by atoms with Gasteiger partial charge in [-0.1, -0.05) is 25.7 Å². The van der Waals surface area contributed by atoms with Crippen molar-refractivity contribution in [2.75, 3.05) is 5.32 Å². The van der Waals surface area contributed by atoms with Gasteiger partial charge in [-0.25, -0.2) is 0 Å². The Balaban J connectivity index is 1.87. The zero-order valence-corrected chi connectivity index (χ0v) is 11.8. The van der Waals surface area contributed by atoms with Crippen molar-refractivity contribution in [2.24, 2.45) is 5.92 Å². The van der Waals surface area contributed by atoms with E-state index in [-0.39, 0.29) is 17.6 Å². The standard InChI is InChI=1S/C16H19F2NO2/c17-16(18)21-11-7-8-13-12(9-11)14(15(20)19-13)10-5-3-1-2-4-6-10/h7-10,14,16H,1-6H2,(H,19,20). The Labute approximate surface area is 122 Å². The predicted molar refractivity (Wildman–Crippen MR) is 75.6 cm³/mol. The van der Waals surface area contributed by atoms with Crippen LogP contribution < -0.4 is 10.1 Å². The molecule has 0 saturated heterocycles. The second kappa shape index (κ2) is 6.00. The average Bonchev–Trinajstić information content (AvgIpc) is 2.63. The van der Waals surface area contributed by atoms with E-state index in [1.807, 2.05) is 0 Å². The molecule has 0 aromatic heterocycles. The van der Waals surface area contributed by atoms with Crippen LogP contribution in [0.1, 0.15) is 50.0 Å². The second-order valence-corrected chi connectivity index (χ2v) is 5.85. The van der Waals surface area contributed by atoms with Crippen LogP contribution in [-0.2, 0) is 4.79 Å². The lowest BCUT2D eigenvalue weighted by atomic mass is 9.82. The molecule has 3 nitrogen and oxygen atoms in total. The van der Waals surface area contributed by atoms with Crippen LogP contribution in [0.2, 0.25) is 0 Å². The molecular formula is C16H19F2NO2. The van der Waals surface area contributed by atoms with Gasteiger partial charge in [0.05, 0.1) is 5.92 Å². The number of benzene rings is 1. The van der Waals surface area contributed by atoms with Gasteiger partial charge in [0, 0.05) is 5.69 Å². The Kier molecular flexibility index (Phi) is 4.08. The maximum Gasteiger partial charge on any atom is 0.387 e. The number of ether oxygens (including phenoxy) is 1.